The third kappa shape index (κ3) is 2.96. The lowest BCUT2D eigenvalue weighted by molar-refractivity contribution is 0.265. The van der Waals surface area contributed by atoms with Crippen molar-refractivity contribution in [1.29, 1.82) is 0 Å². The first-order valence-electron chi connectivity index (χ1n) is 7.05. The fraction of sp³-hybridized carbons (Fsp3) is 0.333. The van der Waals surface area contributed by atoms with Gasteiger partial charge in [-0.05, 0) is 31.0 Å². The fourth-order valence-electron chi connectivity index (χ4n) is 2.28. The van der Waals surface area contributed by atoms with Crippen molar-refractivity contribution in [2.24, 2.45) is 5.73 Å². The number of nitrogens with two attached hydrogens (primary N) is 1. The normalized spacial score (nSPS) is 12.7. The van der Waals surface area contributed by atoms with Crippen LogP contribution in [0.4, 0.5) is 5.69 Å². The summed E-state index contributed by atoms with van der Waals surface area (Å²) in [5.74, 6) is 0.862. The first kappa shape index (κ1) is 15.0. The predicted octanol–water partition coefficient (Wildman–Crippen LogP) is 2.07. The van der Waals surface area contributed by atoms with Gasteiger partial charge in [-0.1, -0.05) is 0 Å². The quantitative estimate of drug-likeness (QED) is 0.644. The molecule has 116 valence electrons. The number of aryl methyl sites for hydroxylation is 1. The molecule has 0 fully saturated rings. The van der Waals surface area contributed by atoms with Gasteiger partial charge in [-0.2, -0.15) is 5.10 Å². The van der Waals surface area contributed by atoms with Crippen LogP contribution in [0.15, 0.2) is 29.0 Å². The molecular formula is C15H18N4O2S. The van der Waals surface area contributed by atoms with Crippen LogP contribution in [0.2, 0.25) is 0 Å². The number of aromatic nitrogens is 2. The smallest absolute Gasteiger partial charge is 0.122 e. The molecule has 4 N–H and O–H groups in total. The second-order valence-corrected chi connectivity index (χ2v) is 6.27. The van der Waals surface area contributed by atoms with Crippen molar-refractivity contribution in [3.63, 3.8) is 0 Å². The Labute approximate surface area is 132 Å². The minimum atomic E-state index is -0.251. The number of fused-ring (bicyclic) bond motifs is 1. The summed E-state index contributed by atoms with van der Waals surface area (Å²) in [6.45, 7) is 2.59. The number of thiophene rings is 1. The van der Waals surface area contributed by atoms with Gasteiger partial charge in [-0.25, -0.2) is 0 Å². The largest absolute Gasteiger partial charge is 0.467 e. The molecule has 0 amide bonds. The highest BCUT2D eigenvalue weighted by Gasteiger charge is 2.15. The van der Waals surface area contributed by atoms with Crippen molar-refractivity contribution >= 4 is 27.2 Å². The highest BCUT2D eigenvalue weighted by Crippen LogP contribution is 2.34. The van der Waals surface area contributed by atoms with Crippen LogP contribution in [0, 0.1) is 6.92 Å². The predicted molar refractivity (Wildman–Crippen MR) is 87.0 cm³/mol. The van der Waals surface area contributed by atoms with E-state index in [9.17, 15) is 0 Å². The maximum absolute atomic E-state index is 9.14. The molecule has 1 atom stereocenters. The number of anilines is 1. The maximum atomic E-state index is 9.14. The standard InChI is InChI=1S/C15H18N4O2S/c1-9-13(5-10(16)8-20)22-15-12(7-18-19-14(9)15)17-6-11-3-2-4-21-11/h2-4,7,10,20H,5-6,8,16H2,1H3,(H,17,19)/t10-/m1/s1. The zero-order valence-electron chi connectivity index (χ0n) is 12.2. The van der Waals surface area contributed by atoms with Gasteiger partial charge in [-0.15, -0.1) is 16.4 Å². The van der Waals surface area contributed by atoms with Crippen LogP contribution in [0.5, 0.6) is 0 Å². The minimum Gasteiger partial charge on any atom is -0.467 e. The lowest BCUT2D eigenvalue weighted by Gasteiger charge is -2.06. The first-order valence-corrected chi connectivity index (χ1v) is 7.87. The number of hydrogen-bond acceptors (Lipinski definition) is 7. The van der Waals surface area contributed by atoms with Gasteiger partial charge in [0.2, 0.25) is 0 Å². The monoisotopic (exact) mass is 318 g/mol. The molecule has 22 heavy (non-hydrogen) atoms. The number of nitrogens with zero attached hydrogens (tertiary/aromatic N) is 2. The summed E-state index contributed by atoms with van der Waals surface area (Å²) in [6, 6.07) is 3.53. The Hall–Kier alpha value is -1.96. The Morgan fingerprint density at radius 2 is 2.36 bits per heavy atom. The lowest BCUT2D eigenvalue weighted by Crippen LogP contribution is -2.26. The summed E-state index contributed by atoms with van der Waals surface area (Å²) in [4.78, 5) is 1.14. The average molecular weight is 318 g/mol. The topological polar surface area (TPSA) is 97.2 Å². The molecule has 3 heterocycles. The molecule has 0 bridgehead atoms. The van der Waals surface area contributed by atoms with Gasteiger partial charge in [0, 0.05) is 10.9 Å². The third-order valence-electron chi connectivity index (χ3n) is 3.52. The zero-order chi connectivity index (χ0) is 15.5. The molecule has 3 aromatic rings. The van der Waals surface area contributed by atoms with Crippen molar-refractivity contribution in [3.05, 3.63) is 40.8 Å². The molecule has 0 aliphatic rings. The molecule has 0 radical (unpaired) electrons. The van der Waals surface area contributed by atoms with E-state index in [4.69, 9.17) is 15.3 Å². The first-order chi connectivity index (χ1) is 10.7. The van der Waals surface area contributed by atoms with Gasteiger partial charge in [0.15, 0.2) is 0 Å². The molecule has 3 aromatic heterocycles. The minimum absolute atomic E-state index is 0.0248. The molecule has 3 rings (SSSR count). The Morgan fingerprint density at radius 3 is 3.09 bits per heavy atom. The highest BCUT2D eigenvalue weighted by atomic mass is 32.1. The molecule has 6 nitrogen and oxygen atoms in total. The number of hydrogen-bond donors (Lipinski definition) is 3. The Balaban J connectivity index is 1.89. The third-order valence-corrected chi connectivity index (χ3v) is 4.85. The number of rotatable bonds is 6. The van der Waals surface area contributed by atoms with E-state index in [1.807, 2.05) is 19.1 Å². The molecular weight excluding hydrogens is 300 g/mol. The Kier molecular flexibility index (Phi) is 4.37. The van der Waals surface area contributed by atoms with E-state index >= 15 is 0 Å². The van der Waals surface area contributed by atoms with Gasteiger partial charge >= 0.3 is 0 Å². The number of nitrogens with one attached hydrogen (secondary N) is 1. The molecule has 0 spiro atoms. The van der Waals surface area contributed by atoms with Gasteiger partial charge in [0.25, 0.3) is 0 Å². The van der Waals surface area contributed by atoms with Gasteiger partial charge in [-0.3, -0.25) is 0 Å². The van der Waals surface area contributed by atoms with E-state index in [2.05, 4.69) is 15.5 Å². The molecule has 0 saturated carbocycles. The van der Waals surface area contributed by atoms with Crippen molar-refractivity contribution < 1.29 is 9.52 Å². The molecule has 0 aliphatic heterocycles. The van der Waals surface area contributed by atoms with Gasteiger partial charge in [0.1, 0.15) is 11.3 Å². The molecule has 0 unspecified atom stereocenters. The van der Waals surface area contributed by atoms with E-state index in [1.54, 1.807) is 23.8 Å². The summed E-state index contributed by atoms with van der Waals surface area (Å²) >= 11 is 1.64. The van der Waals surface area contributed by atoms with Crippen molar-refractivity contribution in [1.82, 2.24) is 10.2 Å². The number of aliphatic hydroxyl groups excluding tert-OH is 1. The van der Waals surface area contributed by atoms with Crippen molar-refractivity contribution in [2.45, 2.75) is 25.9 Å². The van der Waals surface area contributed by atoms with Crippen molar-refractivity contribution in [2.75, 3.05) is 11.9 Å². The van der Waals surface area contributed by atoms with Crippen LogP contribution >= 0.6 is 11.3 Å². The van der Waals surface area contributed by atoms with Crippen molar-refractivity contribution in [3.8, 4) is 0 Å². The summed E-state index contributed by atoms with van der Waals surface area (Å²) in [7, 11) is 0. The van der Waals surface area contributed by atoms with Crippen LogP contribution in [-0.4, -0.2) is 28.0 Å². The van der Waals surface area contributed by atoms with Crippen LogP contribution in [0.25, 0.3) is 10.2 Å². The van der Waals surface area contributed by atoms with Crippen LogP contribution in [0.3, 0.4) is 0 Å². The molecule has 0 aliphatic carbocycles. The van der Waals surface area contributed by atoms with E-state index in [1.165, 1.54) is 0 Å². The molecule has 0 saturated heterocycles. The summed E-state index contributed by atoms with van der Waals surface area (Å²) < 4.78 is 6.38. The summed E-state index contributed by atoms with van der Waals surface area (Å²) in [5.41, 5.74) is 8.74. The van der Waals surface area contributed by atoms with E-state index in [0.29, 0.717) is 13.0 Å². The number of aliphatic hydroxyl groups is 1. The maximum Gasteiger partial charge on any atom is 0.122 e. The number of furan rings is 1. The lowest BCUT2D eigenvalue weighted by atomic mass is 10.1. The summed E-state index contributed by atoms with van der Waals surface area (Å²) in [5, 5.41) is 20.8. The second kappa shape index (κ2) is 6.43. The van der Waals surface area contributed by atoms with E-state index in [0.717, 1.165) is 32.1 Å². The summed E-state index contributed by atoms with van der Waals surface area (Å²) in [6.07, 6.45) is 4.01. The molecule has 7 heteroatoms. The zero-order valence-corrected chi connectivity index (χ0v) is 13.1. The van der Waals surface area contributed by atoms with E-state index < -0.39 is 0 Å². The fourth-order valence-corrected chi connectivity index (χ4v) is 3.59. The molecule has 0 aromatic carbocycles. The SMILES string of the molecule is Cc1c(C[C@@H](N)CO)sc2c(NCc3ccco3)cnnc12. The van der Waals surface area contributed by atoms with E-state index in [-0.39, 0.29) is 12.6 Å². The van der Waals surface area contributed by atoms with Gasteiger partial charge in [0.05, 0.1) is 36.0 Å². The second-order valence-electron chi connectivity index (χ2n) is 5.17. The van der Waals surface area contributed by atoms with Crippen LogP contribution in [0.1, 0.15) is 16.2 Å². The van der Waals surface area contributed by atoms with Crippen LogP contribution < -0.4 is 11.1 Å². The van der Waals surface area contributed by atoms with Crippen LogP contribution in [-0.2, 0) is 13.0 Å². The highest BCUT2D eigenvalue weighted by molar-refractivity contribution is 7.19. The Bertz CT molecular complexity index is 754. The van der Waals surface area contributed by atoms with Gasteiger partial charge < -0.3 is 20.6 Å². The average Bonchev–Trinajstić information content (AvgIpc) is 3.15. The Morgan fingerprint density at radius 1 is 1.50 bits per heavy atom.